The van der Waals surface area contributed by atoms with Crippen LogP contribution in [0.25, 0.3) is 21.9 Å². The van der Waals surface area contributed by atoms with Crippen molar-refractivity contribution in [2.45, 2.75) is 119 Å². The van der Waals surface area contributed by atoms with E-state index in [4.69, 9.17) is 4.42 Å². The van der Waals surface area contributed by atoms with Gasteiger partial charge in [0.15, 0.2) is 11.2 Å². The molecule has 2 aromatic carbocycles. The Kier molecular flexibility index (Phi) is 9.64. The average molecular weight is 607 g/mol. The molecular weight excluding hydrogens is 556 g/mol. The van der Waals surface area contributed by atoms with Gasteiger partial charge in [0.1, 0.15) is 0 Å². The summed E-state index contributed by atoms with van der Waals surface area (Å²) in [5, 5.41) is 9.11. The number of anilines is 2. The molecule has 0 atom stereocenters. The van der Waals surface area contributed by atoms with E-state index in [-0.39, 0.29) is 73.3 Å². The van der Waals surface area contributed by atoms with Gasteiger partial charge in [0.2, 0.25) is 11.3 Å². The smallest absolute Gasteiger partial charge is 0.319 e. The van der Waals surface area contributed by atoms with Gasteiger partial charge in [-0.05, 0) is 88.6 Å². The van der Waals surface area contributed by atoms with Crippen LogP contribution in [-0.4, -0.2) is 40.4 Å². The third kappa shape index (κ3) is 7.98. The maximum atomic E-state index is 14.2. The predicted molar refractivity (Wildman–Crippen MR) is 180 cm³/mol. The van der Waals surface area contributed by atoms with Gasteiger partial charge >= 0.3 is 6.03 Å². The fourth-order valence-corrected chi connectivity index (χ4v) is 6.04. The Bertz CT molecular complexity index is 1640. The monoisotopic (exact) mass is 606 g/mol. The standard InChI is InChI=1S/C35H50N4O5/c1-19(2)39(20(3)4)31(42)22-14-24-28(41)25-16-23(34(9,10)11)17-27(36-21(5)40)30(25)44-29(24)26(15-22)37-32(43)38-35(12,13)18-33(6,7)8/h14-17,19-20H,18H2,1-13H3,(H,36,40)(H2,37,38,43). The molecule has 4 amide bonds. The lowest BCUT2D eigenvalue weighted by Crippen LogP contribution is -2.47. The molecule has 0 radical (unpaired) electrons. The van der Waals surface area contributed by atoms with Crippen LogP contribution in [0.4, 0.5) is 16.2 Å². The molecule has 240 valence electrons. The molecule has 1 aromatic heterocycles. The number of rotatable bonds is 7. The van der Waals surface area contributed by atoms with E-state index in [0.717, 1.165) is 5.56 Å². The van der Waals surface area contributed by atoms with Gasteiger partial charge in [-0.2, -0.15) is 0 Å². The Balaban J connectivity index is 2.36. The van der Waals surface area contributed by atoms with Crippen LogP contribution in [0.2, 0.25) is 0 Å². The van der Waals surface area contributed by atoms with Crippen LogP contribution in [0.15, 0.2) is 33.5 Å². The first kappa shape index (κ1) is 34.6. The molecule has 44 heavy (non-hydrogen) atoms. The SMILES string of the molecule is CC(=O)Nc1cc(C(C)(C)C)cc2c(=O)c3cc(C(=O)N(C(C)C)C(C)C)cc(NC(=O)NC(C)(C)CC(C)(C)C)c3oc12. The first-order valence-corrected chi connectivity index (χ1v) is 15.3. The van der Waals surface area contributed by atoms with Gasteiger partial charge in [-0.25, -0.2) is 4.79 Å². The normalized spacial score (nSPS) is 12.6. The van der Waals surface area contributed by atoms with Crippen LogP contribution in [0, 0.1) is 5.41 Å². The van der Waals surface area contributed by atoms with Crippen molar-refractivity contribution in [1.29, 1.82) is 0 Å². The van der Waals surface area contributed by atoms with Crippen molar-refractivity contribution in [2.75, 3.05) is 10.6 Å². The second kappa shape index (κ2) is 12.3. The molecule has 0 saturated carbocycles. The van der Waals surface area contributed by atoms with Crippen molar-refractivity contribution >= 4 is 51.2 Å². The van der Waals surface area contributed by atoms with Crippen molar-refractivity contribution < 1.29 is 18.8 Å². The van der Waals surface area contributed by atoms with E-state index in [9.17, 15) is 19.2 Å². The zero-order valence-electron chi connectivity index (χ0n) is 28.7. The first-order valence-electron chi connectivity index (χ1n) is 15.3. The molecule has 9 nitrogen and oxygen atoms in total. The van der Waals surface area contributed by atoms with Crippen LogP contribution >= 0.6 is 0 Å². The molecular formula is C35H50N4O5. The highest BCUT2D eigenvalue weighted by atomic mass is 16.3. The summed E-state index contributed by atoms with van der Waals surface area (Å²) in [6, 6.07) is 5.96. The van der Waals surface area contributed by atoms with Crippen molar-refractivity contribution in [1.82, 2.24) is 10.2 Å². The Morgan fingerprint density at radius 2 is 1.32 bits per heavy atom. The lowest BCUT2D eigenvalue weighted by atomic mass is 9.82. The van der Waals surface area contributed by atoms with Gasteiger partial charge < -0.3 is 25.3 Å². The lowest BCUT2D eigenvalue weighted by molar-refractivity contribution is -0.114. The van der Waals surface area contributed by atoms with E-state index in [1.807, 2.05) is 62.3 Å². The Hall–Kier alpha value is -3.88. The summed E-state index contributed by atoms with van der Waals surface area (Å²) in [4.78, 5) is 55.4. The second-order valence-electron chi connectivity index (χ2n) is 15.3. The molecule has 0 unspecified atom stereocenters. The van der Waals surface area contributed by atoms with Crippen LogP contribution in [0.5, 0.6) is 0 Å². The summed E-state index contributed by atoms with van der Waals surface area (Å²) in [5.41, 5.74) is 0.623. The zero-order valence-corrected chi connectivity index (χ0v) is 28.7. The summed E-state index contributed by atoms with van der Waals surface area (Å²) in [7, 11) is 0. The largest absolute Gasteiger partial charge is 0.451 e. The number of nitrogens with one attached hydrogen (secondary N) is 3. The van der Waals surface area contributed by atoms with Gasteiger partial charge in [0.05, 0.1) is 22.1 Å². The molecule has 3 rings (SSSR count). The number of carbonyl (C=O) groups is 3. The number of fused-ring (bicyclic) bond motifs is 2. The van der Waals surface area contributed by atoms with Crippen LogP contribution in [0.1, 0.15) is 112 Å². The summed E-state index contributed by atoms with van der Waals surface area (Å²) >= 11 is 0. The first-order chi connectivity index (χ1) is 20.0. The predicted octanol–water partition coefficient (Wildman–Crippen LogP) is 7.80. The maximum Gasteiger partial charge on any atom is 0.319 e. The van der Waals surface area contributed by atoms with E-state index in [1.54, 1.807) is 23.1 Å². The molecule has 3 N–H and O–H groups in total. The fourth-order valence-electron chi connectivity index (χ4n) is 6.04. The van der Waals surface area contributed by atoms with Crippen LogP contribution in [0.3, 0.4) is 0 Å². The second-order valence-corrected chi connectivity index (χ2v) is 15.3. The highest BCUT2D eigenvalue weighted by Gasteiger charge is 2.29. The third-order valence-electron chi connectivity index (χ3n) is 7.31. The third-order valence-corrected chi connectivity index (χ3v) is 7.31. The van der Waals surface area contributed by atoms with Crippen molar-refractivity contribution in [3.8, 4) is 0 Å². The number of amides is 4. The lowest BCUT2D eigenvalue weighted by Gasteiger charge is -2.33. The van der Waals surface area contributed by atoms with E-state index < -0.39 is 11.6 Å². The van der Waals surface area contributed by atoms with E-state index in [2.05, 4.69) is 36.7 Å². The van der Waals surface area contributed by atoms with E-state index in [1.165, 1.54) is 13.0 Å². The van der Waals surface area contributed by atoms with Gasteiger partial charge in [-0.1, -0.05) is 41.5 Å². The highest BCUT2D eigenvalue weighted by molar-refractivity contribution is 6.09. The Morgan fingerprint density at radius 3 is 1.80 bits per heavy atom. The molecule has 0 aliphatic rings. The minimum atomic E-state index is -0.548. The summed E-state index contributed by atoms with van der Waals surface area (Å²) < 4.78 is 6.38. The van der Waals surface area contributed by atoms with Gasteiger partial charge in [0.25, 0.3) is 5.91 Å². The van der Waals surface area contributed by atoms with Gasteiger partial charge in [0, 0.05) is 30.1 Å². The van der Waals surface area contributed by atoms with Crippen LogP contribution < -0.4 is 21.4 Å². The van der Waals surface area contributed by atoms with Crippen molar-refractivity contribution in [3.63, 3.8) is 0 Å². The minimum Gasteiger partial charge on any atom is -0.451 e. The van der Waals surface area contributed by atoms with E-state index in [0.29, 0.717) is 12.1 Å². The molecule has 0 spiro atoms. The number of carbonyl (C=O) groups excluding carboxylic acids is 3. The molecule has 0 aliphatic carbocycles. The molecule has 0 saturated heterocycles. The maximum absolute atomic E-state index is 14.2. The molecule has 9 heteroatoms. The van der Waals surface area contributed by atoms with Crippen LogP contribution in [-0.2, 0) is 10.2 Å². The molecule has 0 bridgehead atoms. The van der Waals surface area contributed by atoms with Crippen molar-refractivity contribution in [3.05, 3.63) is 45.6 Å². The summed E-state index contributed by atoms with van der Waals surface area (Å²) in [6.45, 7) is 25.3. The zero-order chi connectivity index (χ0) is 33.5. The molecule has 0 aliphatic heterocycles. The molecule has 0 fully saturated rings. The molecule has 1 heterocycles. The van der Waals surface area contributed by atoms with Crippen molar-refractivity contribution in [2.24, 2.45) is 5.41 Å². The topological polar surface area (TPSA) is 121 Å². The summed E-state index contributed by atoms with van der Waals surface area (Å²) in [6.07, 6.45) is 0.709. The Labute approximate surface area is 261 Å². The number of hydrogen-bond acceptors (Lipinski definition) is 5. The number of benzene rings is 2. The average Bonchev–Trinajstić information content (AvgIpc) is 2.81. The quantitative estimate of drug-likeness (QED) is 0.237. The fraction of sp³-hybridized carbons (Fsp3) is 0.543. The van der Waals surface area contributed by atoms with Gasteiger partial charge in [-0.15, -0.1) is 0 Å². The number of nitrogens with zero attached hydrogens (tertiary/aromatic N) is 1. The highest BCUT2D eigenvalue weighted by Crippen LogP contribution is 2.35. The Morgan fingerprint density at radius 1 is 0.795 bits per heavy atom. The number of urea groups is 1. The number of hydrogen-bond donors (Lipinski definition) is 3. The minimum absolute atomic E-state index is 0.0370. The summed E-state index contributed by atoms with van der Waals surface area (Å²) in [5.74, 6) is -0.586. The molecule has 3 aromatic rings. The van der Waals surface area contributed by atoms with E-state index >= 15 is 0 Å². The van der Waals surface area contributed by atoms with Gasteiger partial charge in [-0.3, -0.25) is 14.4 Å².